The maximum atomic E-state index is 12.2. The summed E-state index contributed by atoms with van der Waals surface area (Å²) in [7, 11) is 0. The lowest BCUT2D eigenvalue weighted by molar-refractivity contribution is -0.127. The summed E-state index contributed by atoms with van der Waals surface area (Å²) < 4.78 is 5.70. The third kappa shape index (κ3) is 5.52. The van der Waals surface area contributed by atoms with E-state index in [9.17, 15) is 9.59 Å². The lowest BCUT2D eigenvalue weighted by atomic mass is 10.1. The summed E-state index contributed by atoms with van der Waals surface area (Å²) in [5, 5.41) is 4.61. The number of hydrazine groups is 1. The number of nitrogens with one attached hydrogen (secondary N) is 3. The Hall–Kier alpha value is -3.45. The number of thiocarbonyl (C=S) groups is 1. The lowest BCUT2D eigenvalue weighted by Gasteiger charge is -2.16. The Labute approximate surface area is 174 Å². The number of rotatable bonds is 4. The number of aryl methyl sites for hydroxylation is 1. The van der Waals surface area contributed by atoms with Gasteiger partial charge in [-0.05, 0) is 61.1 Å². The van der Waals surface area contributed by atoms with Crippen LogP contribution in [0.25, 0.3) is 10.8 Å². The van der Waals surface area contributed by atoms with Crippen LogP contribution >= 0.6 is 12.2 Å². The fraction of sp³-hybridized carbons (Fsp3) is 0.136. The summed E-state index contributed by atoms with van der Waals surface area (Å²) in [6, 6.07) is 20.6. The first-order valence-corrected chi connectivity index (χ1v) is 9.46. The Morgan fingerprint density at radius 2 is 1.62 bits per heavy atom. The van der Waals surface area contributed by atoms with Crippen LogP contribution in [-0.4, -0.2) is 23.0 Å². The summed E-state index contributed by atoms with van der Waals surface area (Å²) in [6.07, 6.45) is -0.765. The predicted molar refractivity (Wildman–Crippen MR) is 117 cm³/mol. The minimum Gasteiger partial charge on any atom is -0.481 e. The third-order valence-corrected chi connectivity index (χ3v) is 4.45. The first-order chi connectivity index (χ1) is 13.9. The molecule has 0 aromatic heterocycles. The smallest absolute Gasteiger partial charge is 0.279 e. The number of hydrogen-bond donors (Lipinski definition) is 3. The SMILES string of the molecule is Cc1ccc(C(=O)NC(=S)NNC(=O)[C@H](C)Oc2ccc3ccccc3c2)cc1. The summed E-state index contributed by atoms with van der Waals surface area (Å²) >= 11 is 5.04. The van der Waals surface area contributed by atoms with Gasteiger partial charge in [0.15, 0.2) is 11.2 Å². The fourth-order valence-corrected chi connectivity index (χ4v) is 2.77. The monoisotopic (exact) mass is 407 g/mol. The van der Waals surface area contributed by atoms with Gasteiger partial charge in [-0.25, -0.2) is 0 Å². The summed E-state index contributed by atoms with van der Waals surface area (Å²) in [6.45, 7) is 3.56. The molecule has 0 fully saturated rings. The van der Waals surface area contributed by atoms with Crippen molar-refractivity contribution in [3.8, 4) is 5.75 Å². The molecule has 0 aliphatic heterocycles. The van der Waals surface area contributed by atoms with E-state index in [0.29, 0.717) is 11.3 Å². The number of carbonyl (C=O) groups is 2. The van der Waals surface area contributed by atoms with Crippen molar-refractivity contribution in [1.82, 2.24) is 16.2 Å². The molecule has 0 unspecified atom stereocenters. The van der Waals surface area contributed by atoms with E-state index in [-0.39, 0.29) is 11.0 Å². The predicted octanol–water partition coefficient (Wildman–Crippen LogP) is 3.25. The second kappa shape index (κ2) is 9.16. The molecule has 0 spiro atoms. The van der Waals surface area contributed by atoms with Crippen molar-refractivity contribution in [2.75, 3.05) is 0 Å². The molecule has 3 N–H and O–H groups in total. The van der Waals surface area contributed by atoms with Crippen LogP contribution in [0.3, 0.4) is 0 Å². The van der Waals surface area contributed by atoms with Gasteiger partial charge in [0.05, 0.1) is 0 Å². The van der Waals surface area contributed by atoms with Crippen molar-refractivity contribution < 1.29 is 14.3 Å². The van der Waals surface area contributed by atoms with E-state index in [2.05, 4.69) is 16.2 Å². The van der Waals surface area contributed by atoms with Crippen molar-refractivity contribution >= 4 is 39.9 Å². The summed E-state index contributed by atoms with van der Waals surface area (Å²) in [4.78, 5) is 24.4. The lowest BCUT2D eigenvalue weighted by Crippen LogP contribution is -2.51. The van der Waals surface area contributed by atoms with Gasteiger partial charge in [-0.1, -0.05) is 48.0 Å². The Kier molecular flexibility index (Phi) is 6.41. The van der Waals surface area contributed by atoms with Crippen LogP contribution < -0.4 is 20.9 Å². The van der Waals surface area contributed by atoms with Gasteiger partial charge in [0.1, 0.15) is 5.75 Å². The molecule has 0 bridgehead atoms. The van der Waals surface area contributed by atoms with Crippen molar-refractivity contribution in [3.63, 3.8) is 0 Å². The normalized spacial score (nSPS) is 11.4. The van der Waals surface area contributed by atoms with Crippen molar-refractivity contribution in [2.24, 2.45) is 0 Å². The van der Waals surface area contributed by atoms with E-state index < -0.39 is 12.0 Å². The molecule has 3 aromatic rings. The molecule has 2 amide bonds. The number of benzene rings is 3. The summed E-state index contributed by atoms with van der Waals surface area (Å²) in [5.41, 5.74) is 6.47. The Bertz CT molecular complexity index is 1050. The van der Waals surface area contributed by atoms with Gasteiger partial charge in [0.25, 0.3) is 11.8 Å². The topological polar surface area (TPSA) is 79.5 Å². The van der Waals surface area contributed by atoms with Crippen LogP contribution in [-0.2, 0) is 4.79 Å². The molecular weight excluding hydrogens is 386 g/mol. The largest absolute Gasteiger partial charge is 0.481 e. The Morgan fingerprint density at radius 3 is 2.34 bits per heavy atom. The maximum Gasteiger partial charge on any atom is 0.279 e. The van der Waals surface area contributed by atoms with Gasteiger partial charge in [0.2, 0.25) is 0 Å². The fourth-order valence-electron chi connectivity index (χ4n) is 2.63. The molecule has 6 nitrogen and oxygen atoms in total. The van der Waals surface area contributed by atoms with E-state index in [1.165, 1.54) is 0 Å². The van der Waals surface area contributed by atoms with Gasteiger partial charge in [0, 0.05) is 5.56 Å². The van der Waals surface area contributed by atoms with E-state index in [0.717, 1.165) is 16.3 Å². The molecule has 1 atom stereocenters. The zero-order valence-corrected chi connectivity index (χ0v) is 16.9. The molecule has 0 saturated carbocycles. The molecule has 0 heterocycles. The maximum absolute atomic E-state index is 12.2. The quantitative estimate of drug-likeness (QED) is 0.457. The van der Waals surface area contributed by atoms with Crippen LogP contribution in [0.1, 0.15) is 22.8 Å². The summed E-state index contributed by atoms with van der Waals surface area (Å²) in [5.74, 6) is -0.205. The molecule has 3 aromatic carbocycles. The minimum absolute atomic E-state index is 0.0122. The van der Waals surface area contributed by atoms with E-state index >= 15 is 0 Å². The number of amides is 2. The molecule has 148 valence electrons. The van der Waals surface area contributed by atoms with Crippen LogP contribution in [0, 0.1) is 6.92 Å². The van der Waals surface area contributed by atoms with Crippen molar-refractivity contribution in [2.45, 2.75) is 20.0 Å². The Morgan fingerprint density at radius 1 is 0.931 bits per heavy atom. The van der Waals surface area contributed by atoms with Gasteiger partial charge in [-0.15, -0.1) is 0 Å². The Balaban J connectivity index is 1.49. The molecule has 0 saturated heterocycles. The van der Waals surface area contributed by atoms with Gasteiger partial charge in [-0.2, -0.15) is 0 Å². The zero-order valence-electron chi connectivity index (χ0n) is 16.1. The standard InChI is InChI=1S/C22H21N3O3S/c1-14-7-9-17(10-8-14)21(27)23-22(29)25-24-20(26)15(2)28-19-12-11-16-5-3-4-6-18(16)13-19/h3-13,15H,1-2H3,(H,24,26)(H2,23,25,27,29)/t15-/m0/s1. The third-order valence-electron chi connectivity index (χ3n) is 4.24. The van der Waals surface area contributed by atoms with E-state index in [1.54, 1.807) is 19.1 Å². The highest BCUT2D eigenvalue weighted by molar-refractivity contribution is 7.80. The van der Waals surface area contributed by atoms with Crippen LogP contribution in [0.4, 0.5) is 0 Å². The molecule has 29 heavy (non-hydrogen) atoms. The zero-order chi connectivity index (χ0) is 20.8. The average Bonchev–Trinajstić information content (AvgIpc) is 2.72. The number of hydrogen-bond acceptors (Lipinski definition) is 4. The van der Waals surface area contributed by atoms with Gasteiger partial charge < -0.3 is 4.74 Å². The first-order valence-electron chi connectivity index (χ1n) is 9.05. The minimum atomic E-state index is -0.765. The van der Waals surface area contributed by atoms with E-state index in [1.807, 2.05) is 61.5 Å². The van der Waals surface area contributed by atoms with Crippen LogP contribution in [0.15, 0.2) is 66.7 Å². The van der Waals surface area contributed by atoms with Gasteiger partial charge in [-0.3, -0.25) is 25.8 Å². The second-order valence-corrected chi connectivity index (χ2v) is 6.94. The molecule has 0 radical (unpaired) electrons. The molecule has 0 aliphatic rings. The van der Waals surface area contributed by atoms with Crippen molar-refractivity contribution in [3.05, 3.63) is 77.9 Å². The van der Waals surface area contributed by atoms with Crippen molar-refractivity contribution in [1.29, 1.82) is 0 Å². The highest BCUT2D eigenvalue weighted by Gasteiger charge is 2.15. The van der Waals surface area contributed by atoms with Gasteiger partial charge >= 0.3 is 0 Å². The highest BCUT2D eigenvalue weighted by atomic mass is 32.1. The first kappa shape index (κ1) is 20.3. The molecule has 3 rings (SSSR count). The number of ether oxygens (including phenoxy) is 1. The van der Waals surface area contributed by atoms with Crippen LogP contribution in [0.5, 0.6) is 5.75 Å². The molecule has 7 heteroatoms. The number of fused-ring (bicyclic) bond motifs is 1. The van der Waals surface area contributed by atoms with E-state index in [4.69, 9.17) is 17.0 Å². The second-order valence-electron chi connectivity index (χ2n) is 6.53. The number of carbonyl (C=O) groups excluding carboxylic acids is 2. The molecular formula is C22H21N3O3S. The highest BCUT2D eigenvalue weighted by Crippen LogP contribution is 2.21. The molecule has 0 aliphatic carbocycles. The van der Waals surface area contributed by atoms with Crippen LogP contribution in [0.2, 0.25) is 0 Å². The average molecular weight is 407 g/mol.